The molecule has 152 valence electrons. The summed E-state index contributed by atoms with van der Waals surface area (Å²) >= 11 is 0. The molecular formula is C21H26N6O2. The number of hydrogen-bond acceptors (Lipinski definition) is 5. The quantitative estimate of drug-likeness (QED) is 0.666. The maximum Gasteiger partial charge on any atom is 0.293 e. The second-order valence-corrected chi connectivity index (χ2v) is 7.81. The van der Waals surface area contributed by atoms with Gasteiger partial charge in [-0.3, -0.25) is 9.59 Å². The minimum atomic E-state index is -0.200. The number of carbonyl (C=O) groups is 1. The number of nitrogens with zero attached hydrogens (tertiary/aromatic N) is 5. The topological polar surface area (TPSA) is 85.0 Å². The number of aryl methyl sites for hydroxylation is 1. The van der Waals surface area contributed by atoms with Crippen LogP contribution in [0.1, 0.15) is 32.2 Å². The van der Waals surface area contributed by atoms with Crippen molar-refractivity contribution in [1.82, 2.24) is 19.3 Å². The molecule has 1 aromatic carbocycles. The summed E-state index contributed by atoms with van der Waals surface area (Å²) < 4.78 is 3.51. The van der Waals surface area contributed by atoms with E-state index < -0.39 is 0 Å². The van der Waals surface area contributed by atoms with Crippen molar-refractivity contribution in [3.63, 3.8) is 0 Å². The van der Waals surface area contributed by atoms with Crippen LogP contribution in [-0.4, -0.2) is 39.3 Å². The van der Waals surface area contributed by atoms with Gasteiger partial charge < -0.3 is 14.8 Å². The van der Waals surface area contributed by atoms with Crippen LogP contribution < -0.4 is 15.8 Å². The van der Waals surface area contributed by atoms with Gasteiger partial charge in [0, 0.05) is 33.1 Å². The first kappa shape index (κ1) is 19.2. The highest BCUT2D eigenvalue weighted by molar-refractivity contribution is 5.90. The van der Waals surface area contributed by atoms with E-state index in [-0.39, 0.29) is 30.5 Å². The van der Waals surface area contributed by atoms with Crippen LogP contribution in [0.25, 0.3) is 11.0 Å². The zero-order valence-corrected chi connectivity index (χ0v) is 17.0. The number of para-hydroxylation sites is 2. The maximum absolute atomic E-state index is 12.9. The van der Waals surface area contributed by atoms with Gasteiger partial charge in [0.05, 0.1) is 23.3 Å². The zero-order chi connectivity index (χ0) is 20.5. The first-order valence-corrected chi connectivity index (χ1v) is 9.96. The Morgan fingerprint density at radius 2 is 2.03 bits per heavy atom. The molecule has 4 rings (SSSR count). The SMILES string of the molecule is CC(C1CC1)n1nccc1NC(=O)CCn1c(=O)c(N(C)C)nc2ccccc21. The Hall–Kier alpha value is -3.16. The molecule has 0 spiro atoms. The number of benzene rings is 1. The van der Waals surface area contributed by atoms with Crippen LogP contribution in [0.3, 0.4) is 0 Å². The summed E-state index contributed by atoms with van der Waals surface area (Å²) in [5.41, 5.74) is 1.25. The Labute approximate surface area is 169 Å². The molecule has 1 aliphatic rings. The highest BCUT2D eigenvalue weighted by atomic mass is 16.2. The average Bonchev–Trinajstić information content (AvgIpc) is 3.45. The molecule has 0 bridgehead atoms. The molecule has 0 aliphatic heterocycles. The van der Waals surface area contributed by atoms with Crippen LogP contribution in [0.15, 0.2) is 41.3 Å². The second-order valence-electron chi connectivity index (χ2n) is 7.81. The van der Waals surface area contributed by atoms with Crippen molar-refractivity contribution < 1.29 is 4.79 Å². The predicted octanol–water partition coefficient (Wildman–Crippen LogP) is 2.66. The van der Waals surface area contributed by atoms with E-state index in [1.807, 2.05) is 35.0 Å². The van der Waals surface area contributed by atoms with E-state index in [4.69, 9.17) is 0 Å². The molecule has 1 aliphatic carbocycles. The van der Waals surface area contributed by atoms with Gasteiger partial charge in [0.1, 0.15) is 5.82 Å². The first-order valence-electron chi connectivity index (χ1n) is 9.96. The van der Waals surface area contributed by atoms with Gasteiger partial charge in [0.15, 0.2) is 5.82 Å². The van der Waals surface area contributed by atoms with E-state index in [1.54, 1.807) is 29.8 Å². The van der Waals surface area contributed by atoms with Gasteiger partial charge in [-0.1, -0.05) is 12.1 Å². The van der Waals surface area contributed by atoms with Crippen molar-refractivity contribution in [1.29, 1.82) is 0 Å². The molecule has 2 aromatic heterocycles. The third kappa shape index (κ3) is 3.87. The molecule has 0 saturated heterocycles. The van der Waals surface area contributed by atoms with Crippen molar-refractivity contribution in [2.75, 3.05) is 24.3 Å². The second kappa shape index (κ2) is 7.69. The minimum absolute atomic E-state index is 0.144. The molecule has 1 atom stereocenters. The lowest BCUT2D eigenvalue weighted by atomic mass is 10.2. The molecule has 1 unspecified atom stereocenters. The number of amides is 1. The van der Waals surface area contributed by atoms with E-state index in [0.717, 1.165) is 11.0 Å². The lowest BCUT2D eigenvalue weighted by Gasteiger charge is -2.17. The molecule has 1 amide bonds. The summed E-state index contributed by atoms with van der Waals surface area (Å²) in [6.45, 7) is 2.41. The Kier molecular flexibility index (Phi) is 5.08. The van der Waals surface area contributed by atoms with E-state index in [2.05, 4.69) is 22.3 Å². The highest BCUT2D eigenvalue weighted by Crippen LogP contribution is 2.40. The van der Waals surface area contributed by atoms with Crippen molar-refractivity contribution in [2.45, 2.75) is 38.8 Å². The minimum Gasteiger partial charge on any atom is -0.358 e. The van der Waals surface area contributed by atoms with Crippen LogP contribution in [0.2, 0.25) is 0 Å². The Morgan fingerprint density at radius 3 is 2.76 bits per heavy atom. The third-order valence-electron chi connectivity index (χ3n) is 5.45. The number of rotatable bonds is 7. The van der Waals surface area contributed by atoms with Crippen LogP contribution in [-0.2, 0) is 11.3 Å². The average molecular weight is 394 g/mol. The molecule has 8 nitrogen and oxygen atoms in total. The third-order valence-corrected chi connectivity index (χ3v) is 5.45. The van der Waals surface area contributed by atoms with Gasteiger partial charge in [-0.05, 0) is 37.8 Å². The monoisotopic (exact) mass is 394 g/mol. The largest absolute Gasteiger partial charge is 0.358 e. The zero-order valence-electron chi connectivity index (χ0n) is 17.0. The number of hydrogen-bond donors (Lipinski definition) is 1. The van der Waals surface area contributed by atoms with E-state index in [9.17, 15) is 9.59 Å². The molecule has 1 fully saturated rings. The van der Waals surface area contributed by atoms with Gasteiger partial charge in [0.2, 0.25) is 5.91 Å². The van der Waals surface area contributed by atoms with Crippen LogP contribution in [0.4, 0.5) is 11.6 Å². The summed E-state index contributed by atoms with van der Waals surface area (Å²) in [5.74, 6) is 1.56. The number of aromatic nitrogens is 4. The van der Waals surface area contributed by atoms with Crippen molar-refractivity contribution in [3.05, 3.63) is 46.9 Å². The van der Waals surface area contributed by atoms with E-state index >= 15 is 0 Å². The highest BCUT2D eigenvalue weighted by Gasteiger charge is 2.30. The molecule has 2 heterocycles. The standard InChI is InChI=1S/C21H26N6O2/c1-14(15-8-9-15)27-18(10-12-22-27)24-19(28)11-13-26-17-7-5-4-6-16(17)23-20(21(26)29)25(2)3/h4-7,10,12,14-15H,8-9,11,13H2,1-3H3,(H,24,28). The number of anilines is 2. The van der Waals surface area contributed by atoms with Gasteiger partial charge in [0.25, 0.3) is 5.56 Å². The fraction of sp³-hybridized carbons (Fsp3) is 0.429. The summed E-state index contributed by atoms with van der Waals surface area (Å²) in [6.07, 6.45) is 4.31. The number of carbonyl (C=O) groups excluding carboxylic acids is 1. The molecule has 8 heteroatoms. The fourth-order valence-electron chi connectivity index (χ4n) is 3.63. The molecule has 3 aromatic rings. The molecular weight excluding hydrogens is 368 g/mol. The number of fused-ring (bicyclic) bond motifs is 1. The normalized spacial score (nSPS) is 14.7. The predicted molar refractivity (Wildman–Crippen MR) is 113 cm³/mol. The summed E-state index contributed by atoms with van der Waals surface area (Å²) in [6, 6.07) is 9.57. The lowest BCUT2D eigenvalue weighted by Crippen LogP contribution is -2.30. The first-order chi connectivity index (χ1) is 14.0. The van der Waals surface area contributed by atoms with E-state index in [1.165, 1.54) is 12.8 Å². The fourth-order valence-corrected chi connectivity index (χ4v) is 3.63. The van der Waals surface area contributed by atoms with Gasteiger partial charge in [-0.25, -0.2) is 9.67 Å². The van der Waals surface area contributed by atoms with Crippen molar-refractivity contribution >= 4 is 28.6 Å². The molecule has 0 radical (unpaired) electrons. The summed E-state index contributed by atoms with van der Waals surface area (Å²) in [7, 11) is 3.58. The van der Waals surface area contributed by atoms with Crippen LogP contribution in [0.5, 0.6) is 0 Å². The van der Waals surface area contributed by atoms with Crippen molar-refractivity contribution in [3.8, 4) is 0 Å². The van der Waals surface area contributed by atoms with Gasteiger partial charge >= 0.3 is 0 Å². The maximum atomic E-state index is 12.9. The molecule has 29 heavy (non-hydrogen) atoms. The Morgan fingerprint density at radius 1 is 1.28 bits per heavy atom. The van der Waals surface area contributed by atoms with Crippen LogP contribution in [0, 0.1) is 5.92 Å². The Bertz CT molecular complexity index is 1100. The summed E-state index contributed by atoms with van der Waals surface area (Å²) in [4.78, 5) is 31.7. The van der Waals surface area contributed by atoms with Crippen molar-refractivity contribution in [2.24, 2.45) is 5.92 Å². The van der Waals surface area contributed by atoms with Gasteiger partial charge in [-0.2, -0.15) is 5.10 Å². The van der Waals surface area contributed by atoms with E-state index in [0.29, 0.717) is 17.6 Å². The smallest absolute Gasteiger partial charge is 0.293 e. The number of nitrogens with one attached hydrogen (secondary N) is 1. The summed E-state index contributed by atoms with van der Waals surface area (Å²) in [5, 5.41) is 7.32. The van der Waals surface area contributed by atoms with Crippen LogP contribution >= 0.6 is 0 Å². The Balaban J connectivity index is 1.53. The van der Waals surface area contributed by atoms with Gasteiger partial charge in [-0.15, -0.1) is 0 Å². The molecule has 1 saturated carbocycles. The lowest BCUT2D eigenvalue weighted by molar-refractivity contribution is -0.116. The molecule has 1 N–H and O–H groups in total.